The zero-order valence-electron chi connectivity index (χ0n) is 15.6. The van der Waals surface area contributed by atoms with Gasteiger partial charge in [0, 0.05) is 44.7 Å². The van der Waals surface area contributed by atoms with Gasteiger partial charge in [0.1, 0.15) is 0 Å². The van der Waals surface area contributed by atoms with Crippen LogP contribution in [0, 0.1) is 0 Å². The molecule has 0 bridgehead atoms. The van der Waals surface area contributed by atoms with Gasteiger partial charge in [0.05, 0.1) is 11.6 Å². The van der Waals surface area contributed by atoms with Crippen LogP contribution >= 0.6 is 11.3 Å². The average Bonchev–Trinajstić information content (AvgIpc) is 3.09. The maximum absolute atomic E-state index is 12.6. The monoisotopic (exact) mass is 399 g/mol. The van der Waals surface area contributed by atoms with E-state index in [4.69, 9.17) is 0 Å². The Morgan fingerprint density at radius 3 is 2.67 bits per heavy atom. The van der Waals surface area contributed by atoms with Gasteiger partial charge in [0.25, 0.3) is 0 Å². The molecule has 5 nitrogen and oxygen atoms in total. The molecule has 0 aliphatic rings. The third-order valence-electron chi connectivity index (χ3n) is 3.66. The van der Waals surface area contributed by atoms with Crippen LogP contribution in [0.3, 0.4) is 0 Å². The molecule has 0 unspecified atom stereocenters. The fourth-order valence-electron chi connectivity index (χ4n) is 2.29. The van der Waals surface area contributed by atoms with Crippen molar-refractivity contribution in [3.8, 4) is 0 Å². The van der Waals surface area contributed by atoms with E-state index in [2.05, 4.69) is 26.7 Å². The van der Waals surface area contributed by atoms with Crippen LogP contribution in [0.5, 0.6) is 0 Å². The second-order valence-electron chi connectivity index (χ2n) is 6.06. The number of rotatable bonds is 7. The summed E-state index contributed by atoms with van der Waals surface area (Å²) in [4.78, 5) is 10.2. The number of anilines is 1. The van der Waals surface area contributed by atoms with E-state index < -0.39 is 11.9 Å². The lowest BCUT2D eigenvalue weighted by atomic mass is 10.2. The molecule has 0 saturated carbocycles. The minimum atomic E-state index is -4.39. The van der Waals surface area contributed by atoms with Crippen molar-refractivity contribution in [1.82, 2.24) is 15.6 Å². The van der Waals surface area contributed by atoms with E-state index in [9.17, 15) is 13.2 Å². The summed E-state index contributed by atoms with van der Waals surface area (Å²) in [6.07, 6.45) is -3.99. The molecular weight excluding hydrogens is 375 g/mol. The van der Waals surface area contributed by atoms with Crippen LogP contribution in [0.2, 0.25) is 0 Å². The normalized spacial score (nSPS) is 12.1. The van der Waals surface area contributed by atoms with Crippen molar-refractivity contribution in [2.45, 2.75) is 26.1 Å². The van der Waals surface area contributed by atoms with E-state index in [0.29, 0.717) is 37.0 Å². The third kappa shape index (κ3) is 6.74. The van der Waals surface area contributed by atoms with Crippen LogP contribution in [0.1, 0.15) is 23.2 Å². The molecule has 148 valence electrons. The number of benzene rings is 1. The minimum Gasteiger partial charge on any atom is -0.378 e. The predicted molar refractivity (Wildman–Crippen MR) is 104 cm³/mol. The van der Waals surface area contributed by atoms with Gasteiger partial charge in [-0.3, -0.25) is 0 Å². The number of alkyl halides is 3. The summed E-state index contributed by atoms with van der Waals surface area (Å²) in [6, 6.07) is 8.09. The quantitative estimate of drug-likeness (QED) is 0.553. The van der Waals surface area contributed by atoms with Crippen molar-refractivity contribution in [3.63, 3.8) is 0 Å². The predicted octanol–water partition coefficient (Wildman–Crippen LogP) is 3.53. The van der Waals surface area contributed by atoms with E-state index >= 15 is 0 Å². The first-order valence-corrected chi connectivity index (χ1v) is 9.47. The Labute approximate surface area is 161 Å². The van der Waals surface area contributed by atoms with Crippen LogP contribution < -0.4 is 15.5 Å². The number of nitrogens with one attached hydrogen (secondary N) is 2. The van der Waals surface area contributed by atoms with Gasteiger partial charge in [-0.2, -0.15) is 13.2 Å². The molecule has 0 aliphatic carbocycles. The molecule has 1 aromatic heterocycles. The van der Waals surface area contributed by atoms with E-state index in [0.717, 1.165) is 28.0 Å². The summed E-state index contributed by atoms with van der Waals surface area (Å²) < 4.78 is 37.8. The Bertz CT molecular complexity index is 755. The summed E-state index contributed by atoms with van der Waals surface area (Å²) in [5.74, 6) is 0.625. The largest absolute Gasteiger partial charge is 0.434 e. The molecule has 27 heavy (non-hydrogen) atoms. The first-order chi connectivity index (χ1) is 12.8. The number of hydrogen-bond acceptors (Lipinski definition) is 4. The third-order valence-corrected chi connectivity index (χ3v) is 4.57. The molecule has 0 fully saturated rings. The Morgan fingerprint density at radius 1 is 1.26 bits per heavy atom. The van der Waals surface area contributed by atoms with Crippen molar-refractivity contribution in [1.29, 1.82) is 0 Å². The Balaban J connectivity index is 1.92. The van der Waals surface area contributed by atoms with Crippen molar-refractivity contribution >= 4 is 23.0 Å². The summed E-state index contributed by atoms with van der Waals surface area (Å²) >= 11 is 1.02. The minimum absolute atomic E-state index is 0.404. The van der Waals surface area contributed by atoms with Gasteiger partial charge in [0.15, 0.2) is 11.7 Å². The van der Waals surface area contributed by atoms with E-state index in [1.165, 1.54) is 0 Å². The van der Waals surface area contributed by atoms with Crippen LogP contribution in [-0.2, 0) is 19.1 Å². The molecular formula is C18H24F3N5S. The summed E-state index contributed by atoms with van der Waals surface area (Å²) in [5, 5.41) is 7.77. The molecule has 0 atom stereocenters. The van der Waals surface area contributed by atoms with Crippen molar-refractivity contribution < 1.29 is 13.2 Å². The highest BCUT2D eigenvalue weighted by molar-refractivity contribution is 7.09. The molecule has 0 radical (unpaired) electrons. The zero-order chi connectivity index (χ0) is 19.9. The Hall–Kier alpha value is -2.29. The summed E-state index contributed by atoms with van der Waals surface area (Å²) in [7, 11) is 3.97. The SMILES string of the molecule is CCNC(=NCc1cccc(N(C)C)c1)NCCc1nc(C(F)(F)F)cs1. The number of nitrogens with zero attached hydrogens (tertiary/aromatic N) is 3. The molecule has 0 amide bonds. The lowest BCUT2D eigenvalue weighted by Crippen LogP contribution is -2.38. The highest BCUT2D eigenvalue weighted by Gasteiger charge is 2.33. The maximum atomic E-state index is 12.6. The lowest BCUT2D eigenvalue weighted by Gasteiger charge is -2.14. The summed E-state index contributed by atoms with van der Waals surface area (Å²) in [6.45, 7) is 3.61. The van der Waals surface area contributed by atoms with Crippen molar-refractivity contribution in [2.24, 2.45) is 4.99 Å². The molecule has 2 aromatic rings. The fourth-order valence-corrected chi connectivity index (χ4v) is 3.09. The topological polar surface area (TPSA) is 52.6 Å². The lowest BCUT2D eigenvalue weighted by molar-refractivity contribution is -0.140. The first kappa shape index (κ1) is 21.0. The summed E-state index contributed by atoms with van der Waals surface area (Å²) in [5.41, 5.74) is 1.35. The molecule has 1 heterocycles. The highest BCUT2D eigenvalue weighted by Crippen LogP contribution is 2.30. The van der Waals surface area contributed by atoms with E-state index in [1.54, 1.807) is 0 Å². The van der Waals surface area contributed by atoms with Gasteiger partial charge in [-0.15, -0.1) is 11.3 Å². The zero-order valence-corrected chi connectivity index (χ0v) is 16.4. The molecule has 0 spiro atoms. The number of guanidine groups is 1. The van der Waals surface area contributed by atoms with Crippen molar-refractivity contribution in [2.75, 3.05) is 32.1 Å². The number of aromatic nitrogens is 1. The van der Waals surface area contributed by atoms with E-state index in [1.807, 2.05) is 44.1 Å². The van der Waals surface area contributed by atoms with Crippen molar-refractivity contribution in [3.05, 3.63) is 45.9 Å². The van der Waals surface area contributed by atoms with Gasteiger partial charge < -0.3 is 15.5 Å². The molecule has 0 aliphatic heterocycles. The second kappa shape index (κ2) is 9.59. The second-order valence-corrected chi connectivity index (χ2v) is 7.00. The number of halogens is 3. The van der Waals surface area contributed by atoms with Gasteiger partial charge in [-0.05, 0) is 24.6 Å². The molecule has 2 rings (SSSR count). The molecule has 0 saturated heterocycles. The number of thiazole rings is 1. The molecule has 2 N–H and O–H groups in total. The van der Waals surface area contributed by atoms with Gasteiger partial charge in [-0.25, -0.2) is 9.98 Å². The van der Waals surface area contributed by atoms with Gasteiger partial charge in [0.2, 0.25) is 0 Å². The van der Waals surface area contributed by atoms with Crippen LogP contribution in [0.15, 0.2) is 34.6 Å². The maximum Gasteiger partial charge on any atom is 0.434 e. The van der Waals surface area contributed by atoms with Crippen LogP contribution in [0.4, 0.5) is 18.9 Å². The standard InChI is InChI=1S/C18H24F3N5S/c1-4-22-17(24-11-13-6-5-7-14(10-13)26(2)3)23-9-8-16-25-15(12-27-16)18(19,20)21/h5-7,10,12H,4,8-9,11H2,1-3H3,(H2,22,23,24). The fraction of sp³-hybridized carbons (Fsp3) is 0.444. The van der Waals surface area contributed by atoms with Gasteiger partial charge >= 0.3 is 6.18 Å². The highest BCUT2D eigenvalue weighted by atomic mass is 32.1. The molecule has 1 aromatic carbocycles. The number of aliphatic imine (C=N–C) groups is 1. The smallest absolute Gasteiger partial charge is 0.378 e. The van der Waals surface area contributed by atoms with E-state index in [-0.39, 0.29) is 0 Å². The molecule has 9 heteroatoms. The Kier molecular flexibility index (Phi) is 7.46. The first-order valence-electron chi connectivity index (χ1n) is 8.59. The number of hydrogen-bond donors (Lipinski definition) is 2. The Morgan fingerprint density at radius 2 is 2.04 bits per heavy atom. The van der Waals surface area contributed by atoms with Gasteiger partial charge in [-0.1, -0.05) is 12.1 Å². The average molecular weight is 399 g/mol. The van der Waals surface area contributed by atoms with Crippen LogP contribution in [-0.4, -0.2) is 38.1 Å². The van der Waals surface area contributed by atoms with Crippen LogP contribution in [0.25, 0.3) is 0 Å².